The van der Waals surface area contributed by atoms with Gasteiger partial charge in [-0.05, 0) is 51.0 Å². The van der Waals surface area contributed by atoms with Crippen molar-refractivity contribution < 1.29 is 0 Å². The maximum absolute atomic E-state index is 6.36. The summed E-state index contributed by atoms with van der Waals surface area (Å²) in [5.41, 5.74) is 7.96. The van der Waals surface area contributed by atoms with E-state index in [4.69, 9.17) is 11.8 Å². The summed E-state index contributed by atoms with van der Waals surface area (Å²) in [6, 6.07) is 9.24. The third-order valence-electron chi connectivity index (χ3n) is 5.16. The van der Waals surface area contributed by atoms with E-state index in [1.165, 1.54) is 27.6 Å². The molecule has 1 aromatic carbocycles. The van der Waals surface area contributed by atoms with Gasteiger partial charge in [-0.15, -0.1) is 0 Å². The van der Waals surface area contributed by atoms with E-state index in [1.54, 1.807) is 5.57 Å². The zero-order valence-corrected chi connectivity index (χ0v) is 15.0. The SMILES string of the molecule is CC1=C(C)C2CC(C)=C(C)CP2(=S)C(c2ccccc2)=C1. The number of rotatable bonds is 1. The summed E-state index contributed by atoms with van der Waals surface area (Å²) in [4.78, 5) is 0. The minimum absolute atomic E-state index is 0.580. The molecule has 2 aliphatic rings. The normalized spacial score (nSPS) is 29.3. The van der Waals surface area contributed by atoms with E-state index in [1.807, 2.05) is 0 Å². The molecule has 3 rings (SSSR count). The van der Waals surface area contributed by atoms with Gasteiger partial charge in [-0.2, -0.15) is 0 Å². The Labute approximate surface area is 133 Å². The third-order valence-corrected chi connectivity index (χ3v) is 10.6. The van der Waals surface area contributed by atoms with Crippen LogP contribution in [0.3, 0.4) is 0 Å². The molecular weight excluding hydrogens is 291 g/mol. The minimum Gasteiger partial charge on any atom is -0.0916 e. The van der Waals surface area contributed by atoms with Crippen molar-refractivity contribution in [2.24, 2.45) is 0 Å². The van der Waals surface area contributed by atoms with Crippen molar-refractivity contribution in [3.63, 3.8) is 0 Å². The van der Waals surface area contributed by atoms with E-state index < -0.39 is 6.04 Å². The first-order chi connectivity index (χ1) is 9.93. The predicted octanol–water partition coefficient (Wildman–Crippen LogP) is 5.97. The summed E-state index contributed by atoms with van der Waals surface area (Å²) >= 11 is 6.36. The summed E-state index contributed by atoms with van der Waals surface area (Å²) in [7, 11) is 0. The van der Waals surface area contributed by atoms with Gasteiger partial charge < -0.3 is 0 Å². The van der Waals surface area contributed by atoms with Crippen LogP contribution < -0.4 is 0 Å². The van der Waals surface area contributed by atoms with E-state index >= 15 is 0 Å². The molecule has 2 heterocycles. The highest BCUT2D eigenvalue weighted by atomic mass is 32.4. The van der Waals surface area contributed by atoms with Crippen LogP contribution in [0.1, 0.15) is 39.7 Å². The van der Waals surface area contributed by atoms with Gasteiger partial charge in [0.1, 0.15) is 0 Å². The van der Waals surface area contributed by atoms with Gasteiger partial charge in [-0.25, -0.2) is 0 Å². The fraction of sp³-hybridized carbons (Fsp3) is 0.368. The minimum atomic E-state index is -1.56. The molecule has 0 saturated heterocycles. The van der Waals surface area contributed by atoms with Crippen molar-refractivity contribution in [1.82, 2.24) is 0 Å². The van der Waals surface area contributed by atoms with Gasteiger partial charge in [-0.1, -0.05) is 70.5 Å². The van der Waals surface area contributed by atoms with E-state index in [0.717, 1.165) is 12.6 Å². The van der Waals surface area contributed by atoms with Crippen molar-refractivity contribution in [2.45, 2.75) is 39.8 Å². The molecule has 0 amide bonds. The van der Waals surface area contributed by atoms with Crippen LogP contribution in [-0.4, -0.2) is 11.8 Å². The Morgan fingerprint density at radius 3 is 2.33 bits per heavy atom. The standard InChI is InChI=1S/C19H23PS/c1-13-10-18-16(4)14(2)11-19(17-8-6-5-7-9-17)20(18,21)12-15(13)3/h5-9,11,18H,10,12H2,1-4H3. The molecule has 21 heavy (non-hydrogen) atoms. The molecule has 0 fully saturated rings. The number of benzene rings is 1. The summed E-state index contributed by atoms with van der Waals surface area (Å²) in [5, 5.41) is 1.46. The quantitative estimate of drug-likeness (QED) is 0.455. The first-order valence-electron chi connectivity index (χ1n) is 7.62. The molecule has 0 saturated carbocycles. The molecule has 0 nitrogen and oxygen atoms in total. The maximum atomic E-state index is 6.36. The summed E-state index contributed by atoms with van der Waals surface area (Å²) in [6.07, 6.45) is 4.66. The second kappa shape index (κ2) is 5.38. The summed E-state index contributed by atoms with van der Waals surface area (Å²) in [5.74, 6) is 0. The zero-order chi connectivity index (χ0) is 15.2. The van der Waals surface area contributed by atoms with Gasteiger partial charge in [0.15, 0.2) is 0 Å². The highest BCUT2D eigenvalue weighted by molar-refractivity contribution is 8.20. The number of fused-ring (bicyclic) bond motifs is 1. The fourth-order valence-corrected chi connectivity index (χ4v) is 9.38. The molecule has 1 aromatic rings. The molecule has 2 unspecified atom stereocenters. The second-order valence-corrected chi connectivity index (χ2v) is 11.5. The van der Waals surface area contributed by atoms with Crippen LogP contribution in [0.2, 0.25) is 0 Å². The molecule has 0 aliphatic carbocycles. The Balaban J connectivity index is 2.21. The van der Waals surface area contributed by atoms with Gasteiger partial charge in [0.2, 0.25) is 0 Å². The Hall–Kier alpha value is -0.910. The van der Waals surface area contributed by atoms with Crippen LogP contribution in [0.4, 0.5) is 0 Å². The molecule has 110 valence electrons. The lowest BCUT2D eigenvalue weighted by Crippen LogP contribution is -2.23. The Kier molecular flexibility index (Phi) is 3.84. The summed E-state index contributed by atoms with van der Waals surface area (Å²) < 4.78 is 0. The first-order valence-corrected chi connectivity index (χ1v) is 10.7. The van der Waals surface area contributed by atoms with Gasteiger partial charge in [-0.3, -0.25) is 0 Å². The van der Waals surface area contributed by atoms with Crippen LogP contribution in [-0.2, 0) is 11.8 Å². The van der Waals surface area contributed by atoms with E-state index in [-0.39, 0.29) is 0 Å². The molecule has 2 heteroatoms. The number of allylic oxidation sites excluding steroid dienone is 5. The average Bonchev–Trinajstić information content (AvgIpc) is 2.47. The van der Waals surface area contributed by atoms with Gasteiger partial charge in [0.05, 0.1) is 0 Å². The Morgan fingerprint density at radius 1 is 1.00 bits per heavy atom. The molecule has 2 aliphatic heterocycles. The highest BCUT2D eigenvalue weighted by Gasteiger charge is 2.39. The van der Waals surface area contributed by atoms with Crippen molar-refractivity contribution >= 4 is 23.2 Å². The predicted molar refractivity (Wildman–Crippen MR) is 98.7 cm³/mol. The van der Waals surface area contributed by atoms with Crippen molar-refractivity contribution in [2.75, 3.05) is 6.16 Å². The van der Waals surface area contributed by atoms with Crippen LogP contribution >= 0.6 is 6.04 Å². The Bertz CT molecular complexity index is 719. The molecular formula is C19H23PS. The average molecular weight is 314 g/mol. The molecule has 0 N–H and O–H groups in total. The topological polar surface area (TPSA) is 0 Å². The lowest BCUT2D eigenvalue weighted by Gasteiger charge is -2.42. The summed E-state index contributed by atoms with van der Waals surface area (Å²) in [6.45, 7) is 9.12. The Morgan fingerprint density at radius 2 is 1.67 bits per heavy atom. The van der Waals surface area contributed by atoms with Crippen LogP contribution in [0.5, 0.6) is 0 Å². The van der Waals surface area contributed by atoms with Crippen LogP contribution in [0, 0.1) is 0 Å². The lowest BCUT2D eigenvalue weighted by molar-refractivity contribution is 0.883. The van der Waals surface area contributed by atoms with Crippen LogP contribution in [0.15, 0.2) is 58.7 Å². The van der Waals surface area contributed by atoms with Crippen LogP contribution in [0.25, 0.3) is 5.31 Å². The second-order valence-electron chi connectivity index (χ2n) is 6.50. The van der Waals surface area contributed by atoms with Gasteiger partial charge >= 0.3 is 0 Å². The monoisotopic (exact) mass is 314 g/mol. The molecule has 0 spiro atoms. The van der Waals surface area contributed by atoms with Crippen molar-refractivity contribution in [1.29, 1.82) is 0 Å². The lowest BCUT2D eigenvalue weighted by atomic mass is 9.98. The first kappa shape index (κ1) is 15.0. The smallest absolute Gasteiger partial charge is 0.0172 e. The van der Waals surface area contributed by atoms with Crippen molar-refractivity contribution in [3.8, 4) is 0 Å². The van der Waals surface area contributed by atoms with Crippen molar-refractivity contribution in [3.05, 3.63) is 64.3 Å². The maximum Gasteiger partial charge on any atom is 0.0172 e. The number of hydrogen-bond acceptors (Lipinski definition) is 1. The van der Waals surface area contributed by atoms with Gasteiger partial charge in [0.25, 0.3) is 0 Å². The van der Waals surface area contributed by atoms with E-state index in [9.17, 15) is 0 Å². The zero-order valence-electron chi connectivity index (χ0n) is 13.3. The third kappa shape index (κ3) is 2.41. The molecule has 0 radical (unpaired) electrons. The fourth-order valence-electron chi connectivity index (χ4n) is 3.53. The molecule has 0 aromatic heterocycles. The van der Waals surface area contributed by atoms with E-state index in [0.29, 0.717) is 5.66 Å². The molecule has 2 atom stereocenters. The highest BCUT2D eigenvalue weighted by Crippen LogP contribution is 2.70. The van der Waals surface area contributed by atoms with E-state index in [2.05, 4.69) is 64.1 Å². The largest absolute Gasteiger partial charge is 0.0916 e. The molecule has 0 bridgehead atoms. The van der Waals surface area contributed by atoms with Gasteiger partial charge in [0, 0.05) is 11.8 Å². The number of hydrogen-bond donors (Lipinski definition) is 0.